The second-order valence-corrected chi connectivity index (χ2v) is 2.81. The SMILES string of the molecule is O=C1Nc2c(ccc(F)c2F)C1(F)F. The zero-order chi connectivity index (χ0) is 10.5. The molecule has 1 aliphatic rings. The normalized spacial score (nSPS) is 17.9. The number of anilines is 1. The highest BCUT2D eigenvalue weighted by molar-refractivity contribution is 6.03. The average molecular weight is 205 g/mol. The summed E-state index contributed by atoms with van der Waals surface area (Å²) < 4.78 is 51.4. The molecule has 1 N–H and O–H groups in total. The lowest BCUT2D eigenvalue weighted by molar-refractivity contribution is -0.139. The fraction of sp³-hybridized carbons (Fsp3) is 0.125. The van der Waals surface area contributed by atoms with Gasteiger partial charge in [0, 0.05) is 0 Å². The minimum atomic E-state index is -3.79. The number of carbonyl (C=O) groups is 1. The molecular formula is C8H3F4NO. The predicted octanol–water partition coefficient (Wildman–Crippen LogP) is 2.01. The highest BCUT2D eigenvalue weighted by Crippen LogP contribution is 2.41. The molecule has 2 nitrogen and oxygen atoms in total. The number of hydrogen-bond donors (Lipinski definition) is 1. The molecule has 1 amide bonds. The molecule has 1 aliphatic heterocycles. The number of benzene rings is 1. The van der Waals surface area contributed by atoms with Crippen LogP contribution in [0.3, 0.4) is 0 Å². The Balaban J connectivity index is 2.70. The molecule has 6 heteroatoms. The van der Waals surface area contributed by atoms with Crippen LogP contribution in [0.15, 0.2) is 12.1 Å². The standard InChI is InChI=1S/C8H3F4NO/c9-4-2-1-3-6(5(4)10)13-7(14)8(3,11)12/h1-2H,(H,13,14). The van der Waals surface area contributed by atoms with E-state index >= 15 is 0 Å². The first-order valence-corrected chi connectivity index (χ1v) is 3.62. The molecule has 0 saturated carbocycles. The van der Waals surface area contributed by atoms with E-state index in [0.29, 0.717) is 12.1 Å². The van der Waals surface area contributed by atoms with Crippen molar-refractivity contribution in [3.63, 3.8) is 0 Å². The average Bonchev–Trinajstić information content (AvgIpc) is 2.33. The van der Waals surface area contributed by atoms with Crippen molar-refractivity contribution in [1.82, 2.24) is 0 Å². The molecule has 0 unspecified atom stereocenters. The lowest BCUT2D eigenvalue weighted by Gasteiger charge is -2.05. The number of amides is 1. The number of carbonyl (C=O) groups excluding carboxylic acids is 1. The zero-order valence-electron chi connectivity index (χ0n) is 6.57. The van der Waals surface area contributed by atoms with Gasteiger partial charge in [-0.25, -0.2) is 8.78 Å². The fourth-order valence-electron chi connectivity index (χ4n) is 1.25. The number of halogens is 4. The summed E-state index contributed by atoms with van der Waals surface area (Å²) in [6.07, 6.45) is 0. The highest BCUT2D eigenvalue weighted by atomic mass is 19.3. The molecule has 0 radical (unpaired) electrons. The molecule has 1 aromatic carbocycles. The molecule has 0 spiro atoms. The number of fused-ring (bicyclic) bond motifs is 1. The van der Waals surface area contributed by atoms with E-state index in [0.717, 1.165) is 0 Å². The van der Waals surface area contributed by atoms with Crippen LogP contribution in [0, 0.1) is 11.6 Å². The van der Waals surface area contributed by atoms with Gasteiger partial charge in [-0.1, -0.05) is 0 Å². The summed E-state index contributed by atoms with van der Waals surface area (Å²) in [5.41, 5.74) is -1.61. The minimum Gasteiger partial charge on any atom is -0.317 e. The van der Waals surface area contributed by atoms with E-state index in [-0.39, 0.29) is 0 Å². The predicted molar refractivity (Wildman–Crippen MR) is 38.9 cm³/mol. The smallest absolute Gasteiger partial charge is 0.317 e. The van der Waals surface area contributed by atoms with Gasteiger partial charge >= 0.3 is 5.92 Å². The number of nitrogens with one attached hydrogen (secondary N) is 1. The molecule has 0 fully saturated rings. The van der Waals surface area contributed by atoms with Gasteiger partial charge < -0.3 is 5.32 Å². The van der Waals surface area contributed by atoms with Crippen LogP contribution >= 0.6 is 0 Å². The second kappa shape index (κ2) is 2.46. The van der Waals surface area contributed by atoms with Crippen molar-refractivity contribution in [1.29, 1.82) is 0 Å². The van der Waals surface area contributed by atoms with Crippen molar-refractivity contribution in [3.05, 3.63) is 29.3 Å². The van der Waals surface area contributed by atoms with E-state index < -0.39 is 34.7 Å². The summed E-state index contributed by atoms with van der Waals surface area (Å²) in [7, 11) is 0. The van der Waals surface area contributed by atoms with E-state index in [4.69, 9.17) is 0 Å². The van der Waals surface area contributed by atoms with Crippen LogP contribution in [0.4, 0.5) is 23.2 Å². The maximum absolute atomic E-state index is 12.9. The third-order valence-electron chi connectivity index (χ3n) is 1.96. The van der Waals surface area contributed by atoms with Gasteiger partial charge in [0.15, 0.2) is 11.6 Å². The Labute approximate surface area is 75.5 Å². The Kier molecular flexibility index (Phi) is 1.58. The van der Waals surface area contributed by atoms with E-state index in [1.54, 1.807) is 5.32 Å². The molecule has 0 saturated heterocycles. The van der Waals surface area contributed by atoms with Gasteiger partial charge in [-0.2, -0.15) is 8.78 Å². The van der Waals surface area contributed by atoms with Crippen molar-refractivity contribution in [2.75, 3.05) is 5.32 Å². The molecule has 0 bridgehead atoms. The van der Waals surface area contributed by atoms with E-state index in [2.05, 4.69) is 0 Å². The van der Waals surface area contributed by atoms with E-state index in [1.807, 2.05) is 0 Å². The van der Waals surface area contributed by atoms with Gasteiger partial charge in [-0.15, -0.1) is 0 Å². The summed E-state index contributed by atoms with van der Waals surface area (Å²) in [4.78, 5) is 10.7. The van der Waals surface area contributed by atoms with Crippen LogP contribution in [0.25, 0.3) is 0 Å². The van der Waals surface area contributed by atoms with Crippen LogP contribution in [-0.2, 0) is 10.7 Å². The van der Waals surface area contributed by atoms with Gasteiger partial charge in [-0.05, 0) is 12.1 Å². The first-order chi connectivity index (χ1) is 6.44. The van der Waals surface area contributed by atoms with E-state index in [1.165, 1.54) is 0 Å². The number of alkyl halides is 2. The quantitative estimate of drug-likeness (QED) is 0.645. The van der Waals surface area contributed by atoms with E-state index in [9.17, 15) is 22.4 Å². The highest BCUT2D eigenvalue weighted by Gasteiger charge is 2.49. The maximum atomic E-state index is 12.9. The van der Waals surface area contributed by atoms with Crippen molar-refractivity contribution in [2.24, 2.45) is 0 Å². The lowest BCUT2D eigenvalue weighted by atomic mass is 10.1. The van der Waals surface area contributed by atoms with Crippen molar-refractivity contribution in [3.8, 4) is 0 Å². The topological polar surface area (TPSA) is 29.1 Å². The van der Waals surface area contributed by atoms with Crippen molar-refractivity contribution in [2.45, 2.75) is 5.92 Å². The van der Waals surface area contributed by atoms with Crippen LogP contribution in [-0.4, -0.2) is 5.91 Å². The van der Waals surface area contributed by atoms with Crippen LogP contribution in [0.1, 0.15) is 5.56 Å². The summed E-state index contributed by atoms with van der Waals surface area (Å²) >= 11 is 0. The number of rotatable bonds is 0. The van der Waals surface area contributed by atoms with Gasteiger partial charge in [0.2, 0.25) is 0 Å². The van der Waals surface area contributed by atoms with Crippen LogP contribution < -0.4 is 5.32 Å². The zero-order valence-corrected chi connectivity index (χ0v) is 6.57. The van der Waals surface area contributed by atoms with Crippen LogP contribution in [0.2, 0.25) is 0 Å². The molecule has 0 aromatic heterocycles. The first-order valence-electron chi connectivity index (χ1n) is 3.62. The summed E-state index contributed by atoms with van der Waals surface area (Å²) in [5, 5.41) is 1.59. The van der Waals surface area contributed by atoms with Gasteiger partial charge in [0.25, 0.3) is 5.91 Å². The van der Waals surface area contributed by atoms with Gasteiger partial charge in [-0.3, -0.25) is 4.79 Å². The van der Waals surface area contributed by atoms with Crippen molar-refractivity contribution < 1.29 is 22.4 Å². The van der Waals surface area contributed by atoms with Gasteiger partial charge in [0.05, 0.1) is 11.3 Å². The van der Waals surface area contributed by atoms with Crippen molar-refractivity contribution >= 4 is 11.6 Å². The molecule has 74 valence electrons. The summed E-state index contributed by atoms with van der Waals surface area (Å²) in [6, 6.07) is 1.24. The Hall–Kier alpha value is -1.59. The molecule has 14 heavy (non-hydrogen) atoms. The second-order valence-electron chi connectivity index (χ2n) is 2.81. The Bertz CT molecular complexity index is 430. The third kappa shape index (κ3) is 0.934. The Morgan fingerprint density at radius 2 is 1.86 bits per heavy atom. The Morgan fingerprint density at radius 3 is 2.50 bits per heavy atom. The number of hydrogen-bond acceptors (Lipinski definition) is 1. The summed E-state index contributed by atoms with van der Waals surface area (Å²) in [5.74, 6) is -8.17. The van der Waals surface area contributed by atoms with Crippen LogP contribution in [0.5, 0.6) is 0 Å². The summed E-state index contributed by atoms with van der Waals surface area (Å²) in [6.45, 7) is 0. The molecule has 0 atom stereocenters. The molecule has 2 rings (SSSR count). The molecule has 0 aliphatic carbocycles. The third-order valence-corrected chi connectivity index (χ3v) is 1.96. The maximum Gasteiger partial charge on any atom is 0.352 e. The molecule has 1 aromatic rings. The Morgan fingerprint density at radius 1 is 1.21 bits per heavy atom. The largest absolute Gasteiger partial charge is 0.352 e. The first kappa shape index (κ1) is 8.98. The fourth-order valence-corrected chi connectivity index (χ4v) is 1.25. The lowest BCUT2D eigenvalue weighted by Crippen LogP contribution is -2.23. The molecule has 1 heterocycles. The minimum absolute atomic E-state index is 0.558. The monoisotopic (exact) mass is 205 g/mol. The molecular weight excluding hydrogens is 202 g/mol. The van der Waals surface area contributed by atoms with Gasteiger partial charge in [0.1, 0.15) is 0 Å².